The molecular weight excluding hydrogens is 290 g/mol. The van der Waals surface area contributed by atoms with E-state index in [4.69, 9.17) is 0 Å². The van der Waals surface area contributed by atoms with Crippen LogP contribution in [-0.4, -0.2) is 45.9 Å². The van der Waals surface area contributed by atoms with E-state index in [-0.39, 0.29) is 17.3 Å². The van der Waals surface area contributed by atoms with E-state index < -0.39 is 10.0 Å². The summed E-state index contributed by atoms with van der Waals surface area (Å²) < 4.78 is 27.2. The van der Waals surface area contributed by atoms with Crippen LogP contribution >= 0.6 is 0 Å². The number of nitrogens with one attached hydrogen (secondary N) is 2. The summed E-state index contributed by atoms with van der Waals surface area (Å²) in [5, 5.41) is 3.20. The summed E-state index contributed by atoms with van der Waals surface area (Å²) >= 11 is 0. The van der Waals surface area contributed by atoms with Crippen LogP contribution in [0.5, 0.6) is 0 Å². The lowest BCUT2D eigenvalue weighted by Gasteiger charge is -2.21. The number of fused-ring (bicyclic) bond motifs is 1. The monoisotopic (exact) mass is 311 g/mol. The van der Waals surface area contributed by atoms with Crippen LogP contribution < -0.4 is 10.0 Å². The molecule has 0 atom stereocenters. The molecule has 0 fully saturated rings. The molecule has 1 heterocycles. The number of sulfonamides is 1. The van der Waals surface area contributed by atoms with Crippen LogP contribution in [0.3, 0.4) is 0 Å². The van der Waals surface area contributed by atoms with Crippen molar-refractivity contribution in [3.8, 4) is 0 Å². The molecule has 0 unspecified atom stereocenters. The number of likely N-dealkylation sites (N-methyl/N-ethyl adjacent to an activating group) is 1. The highest BCUT2D eigenvalue weighted by molar-refractivity contribution is 7.89. The van der Waals surface area contributed by atoms with Crippen LogP contribution in [0.25, 0.3) is 0 Å². The molecular formula is C14H21N3O3S. The molecule has 0 aliphatic carbocycles. The highest BCUT2D eigenvalue weighted by Crippen LogP contribution is 2.28. The smallest absolute Gasteiger partial charge is 0.241 e. The number of anilines is 1. The molecule has 6 nitrogen and oxygen atoms in total. The molecule has 1 aliphatic heterocycles. The molecule has 116 valence electrons. The van der Waals surface area contributed by atoms with E-state index >= 15 is 0 Å². The number of carbonyl (C=O) groups is 1. The second kappa shape index (κ2) is 6.44. The predicted molar refractivity (Wildman–Crippen MR) is 81.8 cm³/mol. The van der Waals surface area contributed by atoms with Gasteiger partial charge in [0, 0.05) is 25.8 Å². The van der Waals surface area contributed by atoms with Gasteiger partial charge in [-0.05, 0) is 37.5 Å². The Morgan fingerprint density at radius 3 is 2.90 bits per heavy atom. The lowest BCUT2D eigenvalue weighted by atomic mass is 10.0. The molecule has 7 heteroatoms. The molecule has 0 aromatic heterocycles. The van der Waals surface area contributed by atoms with Crippen molar-refractivity contribution in [3.05, 3.63) is 23.8 Å². The standard InChI is InChI=1S/C14H21N3O3S/c1-3-17(2)14(18)10-16-21(19,20)13-8-4-7-12-11(13)6-5-9-15-12/h4,7-8,15-16H,3,5-6,9-10H2,1-2H3. The lowest BCUT2D eigenvalue weighted by Crippen LogP contribution is -2.38. The Labute approximate surface area is 125 Å². The van der Waals surface area contributed by atoms with Gasteiger partial charge in [-0.3, -0.25) is 4.79 Å². The van der Waals surface area contributed by atoms with Crippen LogP contribution in [0.1, 0.15) is 18.9 Å². The van der Waals surface area contributed by atoms with Crippen LogP contribution in [-0.2, 0) is 21.2 Å². The fourth-order valence-electron chi connectivity index (χ4n) is 2.27. The van der Waals surface area contributed by atoms with Crippen molar-refractivity contribution in [1.29, 1.82) is 0 Å². The first-order valence-corrected chi connectivity index (χ1v) is 8.53. The van der Waals surface area contributed by atoms with Gasteiger partial charge in [0.05, 0.1) is 11.4 Å². The first kappa shape index (κ1) is 15.8. The molecule has 1 amide bonds. The number of amides is 1. The van der Waals surface area contributed by atoms with E-state index in [1.807, 2.05) is 13.0 Å². The summed E-state index contributed by atoms with van der Waals surface area (Å²) in [6.45, 7) is 3.02. The van der Waals surface area contributed by atoms with Crippen LogP contribution in [0.15, 0.2) is 23.1 Å². The minimum absolute atomic E-state index is 0.218. The van der Waals surface area contributed by atoms with Gasteiger partial charge in [0.15, 0.2) is 0 Å². The Morgan fingerprint density at radius 1 is 1.43 bits per heavy atom. The predicted octanol–water partition coefficient (Wildman–Crippen LogP) is 0.801. The Hall–Kier alpha value is -1.60. The number of hydrogen-bond donors (Lipinski definition) is 2. The van der Waals surface area contributed by atoms with Crippen LogP contribution in [0.2, 0.25) is 0 Å². The molecule has 2 N–H and O–H groups in total. The Kier molecular flexibility index (Phi) is 4.84. The maximum atomic E-state index is 12.4. The van der Waals surface area contributed by atoms with Gasteiger partial charge in [-0.2, -0.15) is 0 Å². The summed E-state index contributed by atoms with van der Waals surface area (Å²) in [6.07, 6.45) is 1.62. The minimum Gasteiger partial charge on any atom is -0.385 e. The third-order valence-corrected chi connectivity index (χ3v) is 5.14. The van der Waals surface area contributed by atoms with Gasteiger partial charge in [-0.1, -0.05) is 6.07 Å². The number of benzene rings is 1. The molecule has 0 saturated heterocycles. The number of nitrogens with zero attached hydrogens (tertiary/aromatic N) is 1. The Bertz CT molecular complexity index is 628. The molecule has 1 aliphatic rings. The minimum atomic E-state index is -3.68. The van der Waals surface area contributed by atoms with Crippen LogP contribution in [0.4, 0.5) is 5.69 Å². The average Bonchev–Trinajstić information content (AvgIpc) is 2.51. The van der Waals surface area contributed by atoms with Gasteiger partial charge >= 0.3 is 0 Å². The van der Waals surface area contributed by atoms with Gasteiger partial charge in [0.25, 0.3) is 0 Å². The zero-order chi connectivity index (χ0) is 15.5. The van der Waals surface area contributed by atoms with E-state index in [9.17, 15) is 13.2 Å². The molecule has 2 rings (SSSR count). The number of carbonyl (C=O) groups excluding carboxylic acids is 1. The van der Waals surface area contributed by atoms with Crippen molar-refractivity contribution < 1.29 is 13.2 Å². The van der Waals surface area contributed by atoms with Crippen molar-refractivity contribution in [2.24, 2.45) is 0 Å². The summed E-state index contributed by atoms with van der Waals surface area (Å²) in [7, 11) is -2.03. The first-order chi connectivity index (χ1) is 9.95. The number of rotatable bonds is 5. The molecule has 0 bridgehead atoms. The van der Waals surface area contributed by atoms with Crippen molar-refractivity contribution in [1.82, 2.24) is 9.62 Å². The van der Waals surface area contributed by atoms with Crippen molar-refractivity contribution in [3.63, 3.8) is 0 Å². The highest BCUT2D eigenvalue weighted by Gasteiger charge is 2.23. The average molecular weight is 311 g/mol. The van der Waals surface area contributed by atoms with Crippen molar-refractivity contribution in [2.75, 3.05) is 32.0 Å². The largest absolute Gasteiger partial charge is 0.385 e. The van der Waals surface area contributed by atoms with Gasteiger partial charge < -0.3 is 10.2 Å². The van der Waals surface area contributed by atoms with Crippen molar-refractivity contribution >= 4 is 21.6 Å². The summed E-state index contributed by atoms with van der Waals surface area (Å²) in [6, 6.07) is 5.18. The maximum absolute atomic E-state index is 12.4. The highest BCUT2D eigenvalue weighted by atomic mass is 32.2. The lowest BCUT2D eigenvalue weighted by molar-refractivity contribution is -0.128. The van der Waals surface area contributed by atoms with E-state index in [1.165, 1.54) is 4.90 Å². The fourth-order valence-corrected chi connectivity index (χ4v) is 3.54. The van der Waals surface area contributed by atoms with E-state index in [0.29, 0.717) is 6.54 Å². The molecule has 21 heavy (non-hydrogen) atoms. The van der Waals surface area contributed by atoms with Gasteiger partial charge in [0.1, 0.15) is 0 Å². The Morgan fingerprint density at radius 2 is 2.19 bits per heavy atom. The topological polar surface area (TPSA) is 78.5 Å². The quantitative estimate of drug-likeness (QED) is 0.843. The summed E-state index contributed by atoms with van der Waals surface area (Å²) in [5.74, 6) is -0.246. The summed E-state index contributed by atoms with van der Waals surface area (Å²) in [4.78, 5) is 13.5. The fraction of sp³-hybridized carbons (Fsp3) is 0.500. The normalized spacial score (nSPS) is 14.2. The van der Waals surface area contributed by atoms with Crippen molar-refractivity contribution in [2.45, 2.75) is 24.7 Å². The molecule has 0 saturated carbocycles. The first-order valence-electron chi connectivity index (χ1n) is 7.05. The molecule has 0 spiro atoms. The zero-order valence-corrected chi connectivity index (χ0v) is 13.2. The third kappa shape index (κ3) is 3.54. The number of hydrogen-bond acceptors (Lipinski definition) is 4. The SMILES string of the molecule is CCN(C)C(=O)CNS(=O)(=O)c1cccc2c1CCCN2. The second-order valence-corrected chi connectivity index (χ2v) is 6.78. The molecule has 0 radical (unpaired) electrons. The van der Waals surface area contributed by atoms with Gasteiger partial charge in [-0.15, -0.1) is 0 Å². The van der Waals surface area contributed by atoms with E-state index in [0.717, 1.165) is 30.6 Å². The maximum Gasteiger partial charge on any atom is 0.241 e. The third-order valence-electron chi connectivity index (χ3n) is 3.66. The summed E-state index contributed by atoms with van der Waals surface area (Å²) in [5.41, 5.74) is 1.66. The zero-order valence-electron chi connectivity index (χ0n) is 12.3. The Balaban J connectivity index is 2.19. The van der Waals surface area contributed by atoms with Crippen LogP contribution in [0, 0.1) is 0 Å². The molecule has 1 aromatic rings. The van der Waals surface area contributed by atoms with E-state index in [1.54, 1.807) is 19.2 Å². The molecule has 1 aromatic carbocycles. The van der Waals surface area contributed by atoms with Gasteiger partial charge in [-0.25, -0.2) is 13.1 Å². The van der Waals surface area contributed by atoms with E-state index in [2.05, 4.69) is 10.0 Å². The second-order valence-electron chi connectivity index (χ2n) is 5.05. The van der Waals surface area contributed by atoms with Gasteiger partial charge in [0.2, 0.25) is 15.9 Å².